The van der Waals surface area contributed by atoms with Crippen molar-refractivity contribution in [2.24, 2.45) is 5.41 Å². The third-order valence-corrected chi connectivity index (χ3v) is 5.85. The first kappa shape index (κ1) is 17.4. The van der Waals surface area contributed by atoms with Gasteiger partial charge in [-0.05, 0) is 23.5 Å². The summed E-state index contributed by atoms with van der Waals surface area (Å²) in [5, 5.41) is 0. The van der Waals surface area contributed by atoms with E-state index in [1.165, 1.54) is 0 Å². The minimum absolute atomic E-state index is 0.110. The van der Waals surface area contributed by atoms with E-state index in [0.717, 1.165) is 30.8 Å². The van der Waals surface area contributed by atoms with E-state index in [2.05, 4.69) is 25.7 Å². The van der Waals surface area contributed by atoms with E-state index in [1.807, 2.05) is 31.2 Å². The van der Waals surface area contributed by atoms with Crippen molar-refractivity contribution in [3.05, 3.63) is 35.4 Å². The minimum Gasteiger partial charge on any atom is -0.300 e. The second-order valence-electron chi connectivity index (χ2n) is 7.42. The van der Waals surface area contributed by atoms with Crippen LogP contribution in [0.15, 0.2) is 24.3 Å². The van der Waals surface area contributed by atoms with E-state index in [-0.39, 0.29) is 11.2 Å². The zero-order chi connectivity index (χ0) is 16.4. The van der Waals surface area contributed by atoms with Gasteiger partial charge in [0.15, 0.2) is 0 Å². The zero-order valence-corrected chi connectivity index (χ0v) is 15.0. The van der Waals surface area contributed by atoms with Crippen molar-refractivity contribution in [2.45, 2.75) is 33.4 Å². The molecule has 4 nitrogen and oxygen atoms in total. The number of hydrogen-bond acceptors (Lipinski definition) is 3. The third-order valence-electron chi connectivity index (χ3n) is 4.02. The number of sulfonamides is 1. The Hall–Kier alpha value is -0.910. The first-order chi connectivity index (χ1) is 10.2. The van der Waals surface area contributed by atoms with Gasteiger partial charge >= 0.3 is 0 Å². The Bertz CT molecular complexity index is 597. The SMILES string of the molecule is Cc1ccccc1CS(=O)(=O)N1CCN(CC(C)(C)C)CC1. The lowest BCUT2D eigenvalue weighted by Crippen LogP contribution is -2.50. The topological polar surface area (TPSA) is 40.6 Å². The standard InChI is InChI=1S/C17H28N2O2S/c1-15-7-5-6-8-16(15)13-22(20,21)19-11-9-18(10-12-19)14-17(2,3)4/h5-8H,9-14H2,1-4H3. The summed E-state index contributed by atoms with van der Waals surface area (Å²) in [6.07, 6.45) is 0. The molecule has 0 unspecified atom stereocenters. The maximum Gasteiger partial charge on any atom is 0.218 e. The molecule has 0 aromatic heterocycles. The summed E-state index contributed by atoms with van der Waals surface area (Å²) in [5.74, 6) is 0.110. The van der Waals surface area contributed by atoms with Crippen LogP contribution < -0.4 is 0 Å². The summed E-state index contributed by atoms with van der Waals surface area (Å²) < 4.78 is 26.9. The van der Waals surface area contributed by atoms with Gasteiger partial charge in [0.05, 0.1) is 5.75 Å². The van der Waals surface area contributed by atoms with Crippen LogP contribution in [-0.2, 0) is 15.8 Å². The predicted octanol–water partition coefficient (Wildman–Crippen LogP) is 2.49. The van der Waals surface area contributed by atoms with Crippen LogP contribution >= 0.6 is 0 Å². The Morgan fingerprint density at radius 2 is 1.64 bits per heavy atom. The van der Waals surface area contributed by atoms with Gasteiger partial charge in [0.25, 0.3) is 0 Å². The van der Waals surface area contributed by atoms with Crippen molar-refractivity contribution < 1.29 is 8.42 Å². The molecule has 0 saturated carbocycles. The summed E-state index contributed by atoms with van der Waals surface area (Å²) in [6, 6.07) is 7.71. The van der Waals surface area contributed by atoms with Crippen molar-refractivity contribution >= 4 is 10.0 Å². The number of aryl methyl sites for hydroxylation is 1. The number of piperazine rings is 1. The van der Waals surface area contributed by atoms with Crippen LogP contribution in [0.5, 0.6) is 0 Å². The fourth-order valence-corrected chi connectivity index (χ4v) is 4.52. The number of benzene rings is 1. The fraction of sp³-hybridized carbons (Fsp3) is 0.647. The van der Waals surface area contributed by atoms with Crippen molar-refractivity contribution in [1.29, 1.82) is 0 Å². The number of rotatable bonds is 4. The van der Waals surface area contributed by atoms with Gasteiger partial charge in [0.2, 0.25) is 10.0 Å². The molecule has 1 aliphatic rings. The normalized spacial score (nSPS) is 18.5. The maximum absolute atomic E-state index is 12.6. The van der Waals surface area contributed by atoms with E-state index in [9.17, 15) is 8.42 Å². The molecule has 1 heterocycles. The first-order valence-electron chi connectivity index (χ1n) is 7.92. The number of hydrogen-bond donors (Lipinski definition) is 0. The van der Waals surface area contributed by atoms with Crippen molar-refractivity contribution in [2.75, 3.05) is 32.7 Å². The summed E-state index contributed by atoms with van der Waals surface area (Å²) in [5.41, 5.74) is 2.19. The quantitative estimate of drug-likeness (QED) is 0.854. The molecule has 0 atom stereocenters. The van der Waals surface area contributed by atoms with E-state index < -0.39 is 10.0 Å². The lowest BCUT2D eigenvalue weighted by molar-refractivity contribution is 0.141. The highest BCUT2D eigenvalue weighted by Crippen LogP contribution is 2.19. The predicted molar refractivity (Wildman–Crippen MR) is 91.3 cm³/mol. The molecule has 124 valence electrons. The van der Waals surface area contributed by atoms with E-state index in [0.29, 0.717) is 13.1 Å². The van der Waals surface area contributed by atoms with E-state index in [1.54, 1.807) is 4.31 Å². The van der Waals surface area contributed by atoms with Crippen molar-refractivity contribution in [3.63, 3.8) is 0 Å². The highest BCUT2D eigenvalue weighted by atomic mass is 32.2. The van der Waals surface area contributed by atoms with Crippen LogP contribution in [0.2, 0.25) is 0 Å². The van der Waals surface area contributed by atoms with Gasteiger partial charge in [-0.15, -0.1) is 0 Å². The summed E-state index contributed by atoms with van der Waals surface area (Å²) >= 11 is 0. The molecule has 1 aliphatic heterocycles. The third kappa shape index (κ3) is 4.80. The average Bonchev–Trinajstić information content (AvgIpc) is 2.40. The van der Waals surface area contributed by atoms with Crippen molar-refractivity contribution in [1.82, 2.24) is 9.21 Å². The molecule has 0 aliphatic carbocycles. The highest BCUT2D eigenvalue weighted by molar-refractivity contribution is 7.88. The molecule has 0 amide bonds. The molecule has 22 heavy (non-hydrogen) atoms. The van der Waals surface area contributed by atoms with Gasteiger partial charge in [-0.25, -0.2) is 8.42 Å². The maximum atomic E-state index is 12.6. The van der Waals surface area contributed by atoms with Gasteiger partial charge in [-0.1, -0.05) is 45.0 Å². The number of nitrogens with zero attached hydrogens (tertiary/aromatic N) is 2. The van der Waals surface area contributed by atoms with Crippen LogP contribution in [0.25, 0.3) is 0 Å². The largest absolute Gasteiger partial charge is 0.300 e. The molecule has 1 fully saturated rings. The van der Waals surface area contributed by atoms with Gasteiger partial charge in [-0.2, -0.15) is 4.31 Å². The van der Waals surface area contributed by atoms with Crippen LogP contribution in [0, 0.1) is 12.3 Å². The van der Waals surface area contributed by atoms with Crippen LogP contribution in [0.4, 0.5) is 0 Å². The Balaban J connectivity index is 1.97. The molecule has 1 aromatic carbocycles. The molecule has 0 N–H and O–H groups in total. The monoisotopic (exact) mass is 324 g/mol. The smallest absolute Gasteiger partial charge is 0.218 e. The molecule has 0 spiro atoms. The van der Waals surface area contributed by atoms with Crippen LogP contribution in [0.1, 0.15) is 31.9 Å². The average molecular weight is 324 g/mol. The van der Waals surface area contributed by atoms with Gasteiger partial charge in [-0.3, -0.25) is 0 Å². The minimum atomic E-state index is -3.22. The van der Waals surface area contributed by atoms with E-state index in [4.69, 9.17) is 0 Å². The molecule has 2 rings (SSSR count). The highest BCUT2D eigenvalue weighted by Gasteiger charge is 2.28. The molecular weight excluding hydrogens is 296 g/mol. The Morgan fingerprint density at radius 3 is 2.18 bits per heavy atom. The summed E-state index contributed by atoms with van der Waals surface area (Å²) in [6.45, 7) is 12.5. The second-order valence-corrected chi connectivity index (χ2v) is 9.39. The van der Waals surface area contributed by atoms with Crippen molar-refractivity contribution in [3.8, 4) is 0 Å². The van der Waals surface area contributed by atoms with Gasteiger partial charge < -0.3 is 4.90 Å². The molecular formula is C17H28N2O2S. The zero-order valence-electron chi connectivity index (χ0n) is 14.2. The molecule has 0 radical (unpaired) electrons. The molecule has 1 saturated heterocycles. The first-order valence-corrected chi connectivity index (χ1v) is 9.53. The summed E-state index contributed by atoms with van der Waals surface area (Å²) in [7, 11) is -3.22. The Morgan fingerprint density at radius 1 is 1.05 bits per heavy atom. The second kappa shape index (κ2) is 6.69. The lowest BCUT2D eigenvalue weighted by Gasteiger charge is -2.37. The Labute approximate surface area is 135 Å². The summed E-state index contributed by atoms with van der Waals surface area (Å²) in [4.78, 5) is 2.36. The van der Waals surface area contributed by atoms with Gasteiger partial charge in [0.1, 0.15) is 0 Å². The Kier molecular flexibility index (Phi) is 5.30. The lowest BCUT2D eigenvalue weighted by atomic mass is 9.96. The van der Waals surface area contributed by atoms with Gasteiger partial charge in [0, 0.05) is 32.7 Å². The van der Waals surface area contributed by atoms with E-state index >= 15 is 0 Å². The fourth-order valence-electron chi connectivity index (χ4n) is 2.90. The van der Waals surface area contributed by atoms with Crippen LogP contribution in [-0.4, -0.2) is 50.3 Å². The molecule has 0 bridgehead atoms. The van der Waals surface area contributed by atoms with Crippen LogP contribution in [0.3, 0.4) is 0 Å². The molecule has 1 aromatic rings. The molecule has 5 heteroatoms.